The summed E-state index contributed by atoms with van der Waals surface area (Å²) in [5.74, 6) is 0.246. The number of carbonyl (C=O) groups excluding carboxylic acids is 4. The van der Waals surface area contributed by atoms with Crippen LogP contribution in [0.4, 0.5) is 5.69 Å². The second kappa shape index (κ2) is 13.0. The van der Waals surface area contributed by atoms with Gasteiger partial charge >= 0.3 is 0 Å². The Balaban J connectivity index is 0.831. The average molecular weight is 699 g/mol. The summed E-state index contributed by atoms with van der Waals surface area (Å²) >= 11 is 0. The van der Waals surface area contributed by atoms with Gasteiger partial charge in [-0.1, -0.05) is 38.1 Å². The van der Waals surface area contributed by atoms with Crippen LogP contribution in [0.15, 0.2) is 91.5 Å². The second-order valence-corrected chi connectivity index (χ2v) is 13.6. The van der Waals surface area contributed by atoms with Crippen LogP contribution < -0.4 is 20.1 Å². The number of nitrogens with one attached hydrogen (secondary N) is 2. The fourth-order valence-electron chi connectivity index (χ4n) is 6.75. The number of piperidine rings is 1. The normalized spacial score (nSPS) is 19.9. The Bertz CT molecular complexity index is 2160. The first-order valence-corrected chi connectivity index (χ1v) is 17.0. The predicted molar refractivity (Wildman–Crippen MR) is 186 cm³/mol. The molecule has 1 atom stereocenters. The number of benzene rings is 3. The van der Waals surface area contributed by atoms with Gasteiger partial charge in [-0.25, -0.2) is 9.97 Å². The van der Waals surface area contributed by atoms with E-state index in [4.69, 9.17) is 9.47 Å². The van der Waals surface area contributed by atoms with Gasteiger partial charge in [-0.05, 0) is 60.0 Å². The van der Waals surface area contributed by atoms with E-state index < -0.39 is 29.7 Å². The molecule has 14 heteroatoms. The summed E-state index contributed by atoms with van der Waals surface area (Å²) in [4.78, 5) is 60.9. The molecule has 0 radical (unpaired) electrons. The molecule has 1 saturated carbocycles. The highest BCUT2D eigenvalue weighted by atomic mass is 16.5. The first-order valence-electron chi connectivity index (χ1n) is 17.0. The number of nitrogens with zero attached hydrogens (tertiary/aromatic N) is 6. The molecule has 2 fully saturated rings. The zero-order valence-corrected chi connectivity index (χ0v) is 28.4. The van der Waals surface area contributed by atoms with Gasteiger partial charge in [-0.2, -0.15) is 10.2 Å². The Morgan fingerprint density at radius 2 is 1.42 bits per heavy atom. The molecular weight excluding hydrogens is 664 g/mol. The Morgan fingerprint density at radius 3 is 2.08 bits per heavy atom. The molecule has 2 aromatic heterocycles. The summed E-state index contributed by atoms with van der Waals surface area (Å²) < 4.78 is 12.2. The number of rotatable bonds is 10. The van der Waals surface area contributed by atoms with Crippen molar-refractivity contribution in [3.8, 4) is 23.2 Å². The van der Waals surface area contributed by atoms with Gasteiger partial charge in [0.1, 0.15) is 23.6 Å². The smallest absolute Gasteiger partial charge is 0.268 e. The van der Waals surface area contributed by atoms with Crippen molar-refractivity contribution in [1.82, 2.24) is 35.2 Å². The Morgan fingerprint density at radius 1 is 0.788 bits per heavy atom. The first-order chi connectivity index (χ1) is 25.1. The minimum absolute atomic E-state index is 0.0355. The molecule has 0 bridgehead atoms. The van der Waals surface area contributed by atoms with Gasteiger partial charge in [0, 0.05) is 36.4 Å². The monoisotopic (exact) mass is 698 g/mol. The van der Waals surface area contributed by atoms with Crippen LogP contribution in [0.3, 0.4) is 0 Å². The standard InChI is InChI=1S/C38H34N8O6/c1-38(2,23-5-10-27(11-6-23)52-29-20-39-37(40-21-29)46-41-15-16-42-46)22-3-8-26(9-4-22)51-28-17-25(18-28)43-24-7-12-30-31(19-24)36(50)45(35(30)49)32-13-14-33(47)44-34(32)48/h3-12,15-16,19-21,25,28,32,43H,13-14,17-18H2,1-2H3,(H,44,47,48)/t25-,28+,32?. The topological polar surface area (TPSA) is 171 Å². The van der Waals surface area contributed by atoms with E-state index in [9.17, 15) is 19.2 Å². The highest BCUT2D eigenvalue weighted by Crippen LogP contribution is 2.36. The van der Waals surface area contributed by atoms with Gasteiger partial charge in [0.2, 0.25) is 11.8 Å². The molecule has 262 valence electrons. The van der Waals surface area contributed by atoms with Crippen molar-refractivity contribution < 1.29 is 28.7 Å². The highest BCUT2D eigenvalue weighted by molar-refractivity contribution is 6.23. The van der Waals surface area contributed by atoms with E-state index in [2.05, 4.69) is 56.8 Å². The van der Waals surface area contributed by atoms with Crippen LogP contribution >= 0.6 is 0 Å². The number of hydrogen-bond donors (Lipinski definition) is 2. The van der Waals surface area contributed by atoms with Gasteiger partial charge in [0.15, 0.2) is 5.75 Å². The second-order valence-electron chi connectivity index (χ2n) is 13.6. The number of imide groups is 2. The molecule has 5 aromatic rings. The summed E-state index contributed by atoms with van der Waals surface area (Å²) in [7, 11) is 0. The lowest BCUT2D eigenvalue weighted by atomic mass is 9.78. The minimum Gasteiger partial charge on any atom is -0.490 e. The molecule has 3 aromatic carbocycles. The van der Waals surface area contributed by atoms with Crippen LogP contribution in [0.25, 0.3) is 5.95 Å². The van der Waals surface area contributed by atoms with Crippen molar-refractivity contribution in [2.75, 3.05) is 5.32 Å². The Labute approximate surface area is 298 Å². The molecule has 3 aliphatic rings. The van der Waals surface area contributed by atoms with Crippen molar-refractivity contribution in [2.24, 2.45) is 0 Å². The van der Waals surface area contributed by atoms with E-state index in [0.717, 1.165) is 34.6 Å². The SMILES string of the molecule is CC(C)(c1ccc(Oc2cnc(-n3nccn3)nc2)cc1)c1ccc(O[C@H]2C[C@@H](Nc3ccc4c(c3)C(=O)N(C3CCC(=O)NC3=O)C4=O)C2)cc1. The van der Waals surface area contributed by atoms with Gasteiger partial charge in [0.05, 0.1) is 35.9 Å². The third-order valence-corrected chi connectivity index (χ3v) is 9.81. The third kappa shape index (κ3) is 6.23. The molecule has 4 amide bonds. The highest BCUT2D eigenvalue weighted by Gasteiger charge is 2.45. The van der Waals surface area contributed by atoms with Gasteiger partial charge in [-0.15, -0.1) is 4.80 Å². The van der Waals surface area contributed by atoms with Gasteiger partial charge in [-0.3, -0.25) is 29.4 Å². The van der Waals surface area contributed by atoms with Crippen molar-refractivity contribution >= 4 is 29.3 Å². The van der Waals surface area contributed by atoms with Gasteiger partial charge in [0.25, 0.3) is 17.8 Å². The maximum atomic E-state index is 13.2. The molecule has 2 N–H and O–H groups in total. The van der Waals surface area contributed by atoms with Crippen molar-refractivity contribution in [3.05, 3.63) is 114 Å². The summed E-state index contributed by atoms with van der Waals surface area (Å²) in [6.07, 6.45) is 8.05. The lowest BCUT2D eigenvalue weighted by Crippen LogP contribution is -2.54. The number of fused-ring (bicyclic) bond motifs is 1. The van der Waals surface area contributed by atoms with Crippen LogP contribution in [0.5, 0.6) is 17.2 Å². The van der Waals surface area contributed by atoms with Crippen LogP contribution in [-0.4, -0.2) is 71.7 Å². The fourth-order valence-corrected chi connectivity index (χ4v) is 6.75. The average Bonchev–Trinajstić information content (AvgIpc) is 3.75. The van der Waals surface area contributed by atoms with Crippen molar-refractivity contribution in [2.45, 2.75) is 63.1 Å². The molecule has 4 heterocycles. The molecular formula is C38H34N8O6. The fraction of sp³-hybridized carbons (Fsp3) is 0.263. The van der Waals surface area contributed by atoms with E-state index in [1.54, 1.807) is 43.0 Å². The number of hydrogen-bond acceptors (Lipinski definition) is 11. The quantitative estimate of drug-likeness (QED) is 0.196. The maximum absolute atomic E-state index is 13.2. The zero-order valence-electron chi connectivity index (χ0n) is 28.4. The summed E-state index contributed by atoms with van der Waals surface area (Å²) in [6, 6.07) is 20.3. The van der Waals surface area contributed by atoms with Crippen molar-refractivity contribution in [3.63, 3.8) is 0 Å². The number of amides is 4. The zero-order chi connectivity index (χ0) is 36.0. The third-order valence-electron chi connectivity index (χ3n) is 9.81. The molecule has 8 rings (SSSR count). The summed E-state index contributed by atoms with van der Waals surface area (Å²) in [5.41, 5.74) is 3.21. The largest absolute Gasteiger partial charge is 0.490 e. The Hall–Kier alpha value is -6.44. The molecule has 0 spiro atoms. The molecule has 1 unspecified atom stereocenters. The summed E-state index contributed by atoms with van der Waals surface area (Å²) in [5, 5.41) is 13.7. The van der Waals surface area contributed by atoms with Crippen LogP contribution in [0.1, 0.15) is 71.4 Å². The molecule has 1 aliphatic carbocycles. The number of ether oxygens (including phenoxy) is 2. The van der Waals surface area contributed by atoms with E-state index >= 15 is 0 Å². The van der Waals surface area contributed by atoms with E-state index in [0.29, 0.717) is 23.1 Å². The summed E-state index contributed by atoms with van der Waals surface area (Å²) in [6.45, 7) is 4.34. The molecule has 2 aliphatic heterocycles. The Kier molecular flexibility index (Phi) is 8.20. The number of anilines is 1. The van der Waals surface area contributed by atoms with E-state index in [1.807, 2.05) is 36.4 Å². The van der Waals surface area contributed by atoms with E-state index in [-0.39, 0.29) is 41.5 Å². The van der Waals surface area contributed by atoms with Crippen LogP contribution in [-0.2, 0) is 15.0 Å². The maximum Gasteiger partial charge on any atom is 0.268 e. The van der Waals surface area contributed by atoms with E-state index in [1.165, 1.54) is 4.80 Å². The molecule has 14 nitrogen and oxygen atoms in total. The minimum atomic E-state index is -0.989. The number of aromatic nitrogens is 5. The van der Waals surface area contributed by atoms with Crippen LogP contribution in [0, 0.1) is 0 Å². The van der Waals surface area contributed by atoms with Gasteiger partial charge < -0.3 is 14.8 Å². The van der Waals surface area contributed by atoms with Crippen molar-refractivity contribution in [1.29, 1.82) is 0 Å². The lowest BCUT2D eigenvalue weighted by molar-refractivity contribution is -0.136. The molecule has 1 saturated heterocycles. The molecule has 52 heavy (non-hydrogen) atoms. The predicted octanol–water partition coefficient (Wildman–Crippen LogP) is 4.60. The van der Waals surface area contributed by atoms with Crippen LogP contribution in [0.2, 0.25) is 0 Å². The lowest BCUT2D eigenvalue weighted by Gasteiger charge is -2.36. The number of carbonyl (C=O) groups is 4. The first kappa shape index (κ1) is 32.7.